The summed E-state index contributed by atoms with van der Waals surface area (Å²) < 4.78 is 5.75. The van der Waals surface area contributed by atoms with E-state index in [2.05, 4.69) is 10.3 Å². The molecule has 96 valence electrons. The molecule has 3 N–H and O–H groups in total. The zero-order valence-corrected chi connectivity index (χ0v) is 10.7. The number of hydrogen-bond donors (Lipinski definition) is 2. The molecule has 2 aromatic carbocycles. The first-order chi connectivity index (χ1) is 9.28. The van der Waals surface area contributed by atoms with E-state index in [1.54, 1.807) is 0 Å². The number of anilines is 2. The Morgan fingerprint density at radius 2 is 2.05 bits per heavy atom. The van der Waals surface area contributed by atoms with Crippen molar-refractivity contribution in [3.8, 4) is 11.5 Å². The highest BCUT2D eigenvalue weighted by molar-refractivity contribution is 5.78. The lowest BCUT2D eigenvalue weighted by Crippen LogP contribution is -2.00. The molecule has 0 spiro atoms. The van der Waals surface area contributed by atoms with Crippen molar-refractivity contribution >= 4 is 22.5 Å². The van der Waals surface area contributed by atoms with Crippen molar-refractivity contribution in [1.82, 2.24) is 4.98 Å². The van der Waals surface area contributed by atoms with Crippen LogP contribution in [0.15, 0.2) is 46.9 Å². The van der Waals surface area contributed by atoms with Crippen molar-refractivity contribution in [3.05, 3.63) is 42.5 Å². The Hall–Kier alpha value is -2.49. The molecule has 0 saturated carbocycles. The minimum atomic E-state index is 0.611. The van der Waals surface area contributed by atoms with Gasteiger partial charge in [-0.05, 0) is 37.3 Å². The minimum absolute atomic E-state index is 0.611. The van der Waals surface area contributed by atoms with Crippen LogP contribution in [0, 0.1) is 0 Å². The molecule has 4 heteroatoms. The Kier molecular flexibility index (Phi) is 2.83. The number of nitrogens with two attached hydrogens (primary N) is 1. The van der Waals surface area contributed by atoms with Crippen LogP contribution in [0.4, 0.5) is 11.4 Å². The van der Waals surface area contributed by atoms with E-state index in [9.17, 15) is 0 Å². The standard InChI is InChI=1S/C15H15N3O/c1-2-17-13-9-10(7-8-11(13)16)15-18-12-5-3-4-6-14(12)19-15/h3-9,17H,2,16H2,1H3. The number of oxazole rings is 1. The van der Waals surface area contributed by atoms with E-state index in [0.29, 0.717) is 5.89 Å². The van der Waals surface area contributed by atoms with Gasteiger partial charge < -0.3 is 15.5 Å². The van der Waals surface area contributed by atoms with Gasteiger partial charge in [-0.3, -0.25) is 0 Å². The Morgan fingerprint density at radius 3 is 2.84 bits per heavy atom. The first-order valence-electron chi connectivity index (χ1n) is 6.27. The average Bonchev–Trinajstić information content (AvgIpc) is 2.85. The lowest BCUT2D eigenvalue weighted by Gasteiger charge is -2.07. The molecule has 3 rings (SSSR count). The lowest BCUT2D eigenvalue weighted by atomic mass is 10.1. The average molecular weight is 253 g/mol. The van der Waals surface area contributed by atoms with Gasteiger partial charge in [-0.15, -0.1) is 0 Å². The van der Waals surface area contributed by atoms with Crippen LogP contribution in [0.25, 0.3) is 22.6 Å². The number of nitrogen functional groups attached to an aromatic ring is 1. The van der Waals surface area contributed by atoms with Crippen LogP contribution in [0.3, 0.4) is 0 Å². The number of aromatic nitrogens is 1. The molecule has 4 nitrogen and oxygen atoms in total. The molecule has 0 aliphatic carbocycles. The molecule has 0 aliphatic rings. The summed E-state index contributed by atoms with van der Waals surface area (Å²) in [4.78, 5) is 4.48. The molecule has 0 saturated heterocycles. The summed E-state index contributed by atoms with van der Waals surface area (Å²) in [5, 5.41) is 3.23. The third-order valence-electron chi connectivity index (χ3n) is 2.96. The fraction of sp³-hybridized carbons (Fsp3) is 0.133. The molecular formula is C15H15N3O. The van der Waals surface area contributed by atoms with Gasteiger partial charge in [-0.1, -0.05) is 12.1 Å². The summed E-state index contributed by atoms with van der Waals surface area (Å²) in [6, 6.07) is 13.5. The third kappa shape index (κ3) is 2.12. The summed E-state index contributed by atoms with van der Waals surface area (Å²) in [6.07, 6.45) is 0. The number of fused-ring (bicyclic) bond motifs is 1. The Labute approximate surface area is 111 Å². The van der Waals surface area contributed by atoms with Crippen molar-refractivity contribution in [2.24, 2.45) is 0 Å². The van der Waals surface area contributed by atoms with Gasteiger partial charge in [0.15, 0.2) is 5.58 Å². The predicted octanol–water partition coefficient (Wildman–Crippen LogP) is 3.51. The highest BCUT2D eigenvalue weighted by Gasteiger charge is 2.09. The van der Waals surface area contributed by atoms with Crippen LogP contribution in [-0.4, -0.2) is 11.5 Å². The maximum atomic E-state index is 5.92. The highest BCUT2D eigenvalue weighted by atomic mass is 16.3. The van der Waals surface area contributed by atoms with E-state index >= 15 is 0 Å². The zero-order chi connectivity index (χ0) is 13.2. The molecule has 3 aromatic rings. The first-order valence-corrected chi connectivity index (χ1v) is 6.27. The van der Waals surface area contributed by atoms with E-state index < -0.39 is 0 Å². The van der Waals surface area contributed by atoms with Crippen LogP contribution >= 0.6 is 0 Å². The van der Waals surface area contributed by atoms with E-state index in [0.717, 1.165) is 34.6 Å². The van der Waals surface area contributed by atoms with Crippen LogP contribution in [0.1, 0.15) is 6.92 Å². The van der Waals surface area contributed by atoms with Gasteiger partial charge in [0, 0.05) is 12.1 Å². The maximum Gasteiger partial charge on any atom is 0.227 e. The van der Waals surface area contributed by atoms with Crippen LogP contribution in [0.5, 0.6) is 0 Å². The summed E-state index contributed by atoms with van der Waals surface area (Å²) in [7, 11) is 0. The number of para-hydroxylation sites is 2. The molecule has 0 fully saturated rings. The number of benzene rings is 2. The maximum absolute atomic E-state index is 5.92. The van der Waals surface area contributed by atoms with Crippen molar-refractivity contribution in [2.45, 2.75) is 6.92 Å². The topological polar surface area (TPSA) is 64.1 Å². The van der Waals surface area contributed by atoms with Crippen molar-refractivity contribution in [2.75, 3.05) is 17.6 Å². The fourth-order valence-electron chi connectivity index (χ4n) is 2.03. The quantitative estimate of drug-likeness (QED) is 0.701. The molecule has 1 aromatic heterocycles. The predicted molar refractivity (Wildman–Crippen MR) is 78.0 cm³/mol. The van der Waals surface area contributed by atoms with Gasteiger partial charge >= 0.3 is 0 Å². The lowest BCUT2D eigenvalue weighted by molar-refractivity contribution is 0.620. The smallest absolute Gasteiger partial charge is 0.227 e. The molecule has 0 unspecified atom stereocenters. The molecule has 0 atom stereocenters. The Bertz CT molecular complexity index is 685. The van der Waals surface area contributed by atoms with Gasteiger partial charge in [0.2, 0.25) is 5.89 Å². The highest BCUT2D eigenvalue weighted by Crippen LogP contribution is 2.28. The molecule has 1 heterocycles. The Morgan fingerprint density at radius 1 is 1.21 bits per heavy atom. The van der Waals surface area contributed by atoms with Gasteiger partial charge in [0.1, 0.15) is 5.52 Å². The number of hydrogen-bond acceptors (Lipinski definition) is 4. The van der Waals surface area contributed by atoms with Crippen molar-refractivity contribution < 1.29 is 4.42 Å². The van der Waals surface area contributed by atoms with E-state index in [4.69, 9.17) is 10.2 Å². The monoisotopic (exact) mass is 253 g/mol. The van der Waals surface area contributed by atoms with E-state index in [-0.39, 0.29) is 0 Å². The molecule has 0 radical (unpaired) electrons. The van der Waals surface area contributed by atoms with Crippen molar-refractivity contribution in [3.63, 3.8) is 0 Å². The van der Waals surface area contributed by atoms with E-state index in [1.807, 2.05) is 49.4 Å². The fourth-order valence-corrected chi connectivity index (χ4v) is 2.03. The van der Waals surface area contributed by atoms with Crippen LogP contribution < -0.4 is 11.1 Å². The van der Waals surface area contributed by atoms with Crippen LogP contribution in [-0.2, 0) is 0 Å². The van der Waals surface area contributed by atoms with Gasteiger partial charge in [0.25, 0.3) is 0 Å². The van der Waals surface area contributed by atoms with Gasteiger partial charge in [0.05, 0.1) is 11.4 Å². The zero-order valence-electron chi connectivity index (χ0n) is 10.7. The van der Waals surface area contributed by atoms with Gasteiger partial charge in [-0.25, -0.2) is 4.98 Å². The Balaban J connectivity index is 2.08. The summed E-state index contributed by atoms with van der Waals surface area (Å²) >= 11 is 0. The van der Waals surface area contributed by atoms with E-state index in [1.165, 1.54) is 0 Å². The first kappa shape index (κ1) is 11.6. The summed E-state index contributed by atoms with van der Waals surface area (Å²) in [5.41, 5.74) is 10.1. The normalized spacial score (nSPS) is 10.8. The number of rotatable bonds is 3. The SMILES string of the molecule is CCNc1cc(-c2nc3ccccc3o2)ccc1N. The summed E-state index contributed by atoms with van der Waals surface area (Å²) in [6.45, 7) is 2.85. The largest absolute Gasteiger partial charge is 0.436 e. The number of nitrogens with zero attached hydrogens (tertiary/aromatic N) is 1. The molecular weight excluding hydrogens is 238 g/mol. The third-order valence-corrected chi connectivity index (χ3v) is 2.96. The van der Waals surface area contributed by atoms with Crippen molar-refractivity contribution in [1.29, 1.82) is 0 Å². The second-order valence-corrected chi connectivity index (χ2v) is 4.32. The minimum Gasteiger partial charge on any atom is -0.436 e. The molecule has 0 amide bonds. The molecule has 0 aliphatic heterocycles. The van der Waals surface area contributed by atoms with Crippen LogP contribution in [0.2, 0.25) is 0 Å². The second kappa shape index (κ2) is 4.65. The second-order valence-electron chi connectivity index (χ2n) is 4.32. The summed E-state index contributed by atoms with van der Waals surface area (Å²) in [5.74, 6) is 0.611. The number of nitrogens with one attached hydrogen (secondary N) is 1. The molecule has 0 bridgehead atoms. The van der Waals surface area contributed by atoms with Gasteiger partial charge in [-0.2, -0.15) is 0 Å². The molecule has 19 heavy (non-hydrogen) atoms.